The molecule has 2 aromatic heterocycles. The normalized spacial score (nSPS) is 10.8. The van der Waals surface area contributed by atoms with Gasteiger partial charge in [-0.3, -0.25) is 0 Å². The standard InChI is InChI=1S/C18H12N2O4/c21-17(23-15-9-19-13-7-3-1-5-11(13)15)18(22)24-16-10-20-14-8-4-2-6-12(14)16/h1-10,19-20H. The Morgan fingerprint density at radius 2 is 1.08 bits per heavy atom. The number of hydrogen-bond acceptors (Lipinski definition) is 4. The summed E-state index contributed by atoms with van der Waals surface area (Å²) >= 11 is 0. The highest BCUT2D eigenvalue weighted by molar-refractivity contribution is 6.31. The number of H-pyrrole nitrogens is 2. The molecule has 6 nitrogen and oxygen atoms in total. The van der Waals surface area contributed by atoms with Gasteiger partial charge in [-0.1, -0.05) is 24.3 Å². The van der Waals surface area contributed by atoms with Gasteiger partial charge in [-0.05, 0) is 24.3 Å². The summed E-state index contributed by atoms with van der Waals surface area (Å²) in [6.45, 7) is 0. The van der Waals surface area contributed by atoms with E-state index in [4.69, 9.17) is 9.47 Å². The molecule has 0 atom stereocenters. The van der Waals surface area contributed by atoms with E-state index in [9.17, 15) is 9.59 Å². The summed E-state index contributed by atoms with van der Waals surface area (Å²) < 4.78 is 10.3. The van der Waals surface area contributed by atoms with Crippen molar-refractivity contribution in [3.05, 3.63) is 60.9 Å². The van der Waals surface area contributed by atoms with E-state index < -0.39 is 11.9 Å². The van der Waals surface area contributed by atoms with Gasteiger partial charge in [0.05, 0.1) is 0 Å². The maximum atomic E-state index is 12.0. The second-order valence-electron chi connectivity index (χ2n) is 5.18. The second-order valence-corrected chi connectivity index (χ2v) is 5.18. The zero-order chi connectivity index (χ0) is 16.5. The molecule has 2 heterocycles. The lowest BCUT2D eigenvalue weighted by molar-refractivity contribution is -0.156. The summed E-state index contributed by atoms with van der Waals surface area (Å²) in [5.74, 6) is -1.59. The van der Waals surface area contributed by atoms with Crippen LogP contribution in [0.3, 0.4) is 0 Å². The lowest BCUT2D eigenvalue weighted by Gasteiger charge is -2.03. The number of carbonyl (C=O) groups excluding carboxylic acids is 2. The van der Waals surface area contributed by atoms with Gasteiger partial charge in [0, 0.05) is 34.2 Å². The summed E-state index contributed by atoms with van der Waals surface area (Å²) in [4.78, 5) is 29.9. The van der Waals surface area contributed by atoms with E-state index in [0.717, 1.165) is 11.0 Å². The zero-order valence-electron chi connectivity index (χ0n) is 12.4. The quantitative estimate of drug-likeness (QED) is 0.439. The summed E-state index contributed by atoms with van der Waals surface area (Å²) in [7, 11) is 0. The van der Waals surface area contributed by atoms with Crippen LogP contribution in [0.1, 0.15) is 0 Å². The van der Waals surface area contributed by atoms with Crippen molar-refractivity contribution in [2.75, 3.05) is 0 Å². The van der Waals surface area contributed by atoms with Crippen molar-refractivity contribution in [2.24, 2.45) is 0 Å². The highest BCUT2D eigenvalue weighted by atomic mass is 16.6. The van der Waals surface area contributed by atoms with E-state index >= 15 is 0 Å². The minimum atomic E-state index is -1.08. The molecule has 24 heavy (non-hydrogen) atoms. The summed E-state index contributed by atoms with van der Waals surface area (Å²) in [6.07, 6.45) is 3.06. The topological polar surface area (TPSA) is 84.2 Å². The van der Waals surface area contributed by atoms with Crippen molar-refractivity contribution in [1.29, 1.82) is 0 Å². The lowest BCUT2D eigenvalue weighted by atomic mass is 10.2. The number of benzene rings is 2. The maximum absolute atomic E-state index is 12.0. The van der Waals surface area contributed by atoms with Gasteiger partial charge in [-0.15, -0.1) is 0 Å². The fourth-order valence-corrected chi connectivity index (χ4v) is 2.54. The molecule has 0 bridgehead atoms. The number of hydrogen-bond donors (Lipinski definition) is 2. The Morgan fingerprint density at radius 1 is 0.667 bits per heavy atom. The van der Waals surface area contributed by atoms with E-state index in [1.807, 2.05) is 36.4 Å². The van der Waals surface area contributed by atoms with Crippen LogP contribution < -0.4 is 9.47 Å². The molecule has 2 N–H and O–H groups in total. The van der Waals surface area contributed by atoms with Crippen LogP contribution in [0.15, 0.2) is 60.9 Å². The first-order valence-electron chi connectivity index (χ1n) is 7.28. The monoisotopic (exact) mass is 320 g/mol. The van der Waals surface area contributed by atoms with Crippen molar-refractivity contribution in [3.8, 4) is 11.5 Å². The molecule has 4 rings (SSSR count). The van der Waals surface area contributed by atoms with Gasteiger partial charge < -0.3 is 19.4 Å². The first-order valence-corrected chi connectivity index (χ1v) is 7.28. The number of para-hydroxylation sites is 2. The molecule has 6 heteroatoms. The molecule has 0 radical (unpaired) electrons. The van der Waals surface area contributed by atoms with Crippen molar-refractivity contribution in [3.63, 3.8) is 0 Å². The minimum absolute atomic E-state index is 0.284. The highest BCUT2D eigenvalue weighted by Crippen LogP contribution is 2.26. The third-order valence-corrected chi connectivity index (χ3v) is 3.67. The Labute approximate surface area is 136 Å². The summed E-state index contributed by atoms with van der Waals surface area (Å²) in [5.41, 5.74) is 1.62. The molecule has 0 unspecified atom stereocenters. The number of esters is 2. The van der Waals surface area contributed by atoms with E-state index in [2.05, 4.69) is 9.97 Å². The fourth-order valence-electron chi connectivity index (χ4n) is 2.54. The Kier molecular flexibility index (Phi) is 3.28. The number of fused-ring (bicyclic) bond motifs is 2. The lowest BCUT2D eigenvalue weighted by Crippen LogP contribution is -2.25. The van der Waals surface area contributed by atoms with Gasteiger partial charge in [0.25, 0.3) is 0 Å². The van der Waals surface area contributed by atoms with Crippen LogP contribution in [0.4, 0.5) is 0 Å². The molecular formula is C18H12N2O4. The Bertz CT molecular complexity index is 975. The van der Waals surface area contributed by atoms with Crippen LogP contribution >= 0.6 is 0 Å². The molecule has 0 amide bonds. The number of nitrogens with one attached hydrogen (secondary N) is 2. The number of aromatic nitrogens is 2. The molecule has 0 aliphatic carbocycles. The average Bonchev–Trinajstić information content (AvgIpc) is 3.20. The average molecular weight is 320 g/mol. The van der Waals surface area contributed by atoms with Gasteiger partial charge in [0.15, 0.2) is 11.5 Å². The first-order chi connectivity index (χ1) is 11.7. The number of rotatable bonds is 2. The predicted octanol–water partition coefficient (Wildman–Crippen LogP) is 3.16. The van der Waals surface area contributed by atoms with Gasteiger partial charge >= 0.3 is 11.9 Å². The van der Waals surface area contributed by atoms with Gasteiger partial charge in [0.1, 0.15) is 0 Å². The largest absolute Gasteiger partial charge is 0.423 e. The molecule has 118 valence electrons. The van der Waals surface area contributed by atoms with E-state index in [0.29, 0.717) is 10.8 Å². The summed E-state index contributed by atoms with van der Waals surface area (Å²) in [5, 5.41) is 1.43. The summed E-state index contributed by atoms with van der Waals surface area (Å²) in [6, 6.07) is 14.6. The minimum Gasteiger partial charge on any atom is -0.416 e. The van der Waals surface area contributed by atoms with E-state index in [-0.39, 0.29) is 11.5 Å². The number of aromatic amines is 2. The molecule has 0 saturated carbocycles. The van der Waals surface area contributed by atoms with Crippen LogP contribution in [0.5, 0.6) is 11.5 Å². The van der Waals surface area contributed by atoms with Crippen molar-refractivity contribution >= 4 is 33.7 Å². The third kappa shape index (κ3) is 2.40. The SMILES string of the molecule is O=C(Oc1c[nH]c2ccccc12)C(=O)Oc1c[nH]c2ccccc12. The van der Waals surface area contributed by atoms with Crippen LogP contribution in [0.25, 0.3) is 21.8 Å². The Hall–Kier alpha value is -3.54. The van der Waals surface area contributed by atoms with Crippen LogP contribution in [-0.2, 0) is 9.59 Å². The first kappa shape index (κ1) is 14.1. The van der Waals surface area contributed by atoms with Gasteiger partial charge in [-0.2, -0.15) is 0 Å². The number of ether oxygens (including phenoxy) is 2. The molecule has 0 saturated heterocycles. The van der Waals surface area contributed by atoms with Crippen LogP contribution in [-0.4, -0.2) is 21.9 Å². The second kappa shape index (κ2) is 5.58. The van der Waals surface area contributed by atoms with Crippen molar-refractivity contribution < 1.29 is 19.1 Å². The Morgan fingerprint density at radius 3 is 1.54 bits per heavy atom. The maximum Gasteiger partial charge on any atom is 0.423 e. The molecule has 0 aliphatic heterocycles. The highest BCUT2D eigenvalue weighted by Gasteiger charge is 2.22. The van der Waals surface area contributed by atoms with E-state index in [1.165, 1.54) is 12.4 Å². The molecule has 0 fully saturated rings. The third-order valence-electron chi connectivity index (χ3n) is 3.67. The molecule has 0 spiro atoms. The molecule has 4 aromatic rings. The zero-order valence-corrected chi connectivity index (χ0v) is 12.4. The predicted molar refractivity (Wildman–Crippen MR) is 87.9 cm³/mol. The Balaban J connectivity index is 1.53. The van der Waals surface area contributed by atoms with Gasteiger partial charge in [-0.25, -0.2) is 9.59 Å². The molecule has 2 aromatic carbocycles. The molecular weight excluding hydrogens is 308 g/mol. The van der Waals surface area contributed by atoms with Crippen molar-refractivity contribution in [1.82, 2.24) is 9.97 Å². The fraction of sp³-hybridized carbons (Fsp3) is 0. The van der Waals surface area contributed by atoms with Gasteiger partial charge in [0.2, 0.25) is 0 Å². The van der Waals surface area contributed by atoms with Crippen molar-refractivity contribution in [2.45, 2.75) is 0 Å². The van der Waals surface area contributed by atoms with Crippen LogP contribution in [0.2, 0.25) is 0 Å². The van der Waals surface area contributed by atoms with E-state index in [1.54, 1.807) is 12.1 Å². The smallest absolute Gasteiger partial charge is 0.416 e. The molecule has 0 aliphatic rings. The van der Waals surface area contributed by atoms with Crippen LogP contribution in [0, 0.1) is 0 Å². The number of carbonyl (C=O) groups is 2.